The molecule has 0 saturated carbocycles. The van der Waals surface area contributed by atoms with E-state index in [0.717, 1.165) is 40.1 Å². The Morgan fingerprint density at radius 3 is 2.91 bits per heavy atom. The van der Waals surface area contributed by atoms with Crippen LogP contribution in [0.2, 0.25) is 0 Å². The summed E-state index contributed by atoms with van der Waals surface area (Å²) in [6.45, 7) is 1.15. The summed E-state index contributed by atoms with van der Waals surface area (Å²) >= 11 is 3.50. The van der Waals surface area contributed by atoms with Crippen LogP contribution in [0.3, 0.4) is 0 Å². The molecule has 0 saturated heterocycles. The molecule has 0 unspecified atom stereocenters. The molecule has 2 aliphatic rings. The standard InChI is InChI=1S/C18H13BrN2O/c1-2-9-21-16-11-13(19)6-7-15(16)20-10-8-12-4-3-5-14(17(12)20)18(21)22/h1,3-7,11H,8-10H2. The SMILES string of the molecule is C#CCN1C(=O)c2cccc3c2N(CC3)c2ccc(Br)cc21. The van der Waals surface area contributed by atoms with E-state index in [0.29, 0.717) is 0 Å². The molecule has 0 bridgehead atoms. The molecule has 1 amide bonds. The fraction of sp³-hybridized carbons (Fsp3) is 0.167. The second-order valence-electron chi connectivity index (χ2n) is 5.44. The molecule has 2 aromatic carbocycles. The van der Waals surface area contributed by atoms with Gasteiger partial charge in [-0.25, -0.2) is 0 Å². The van der Waals surface area contributed by atoms with Gasteiger partial charge in [-0.2, -0.15) is 0 Å². The summed E-state index contributed by atoms with van der Waals surface area (Å²) in [5, 5.41) is 0. The van der Waals surface area contributed by atoms with Gasteiger partial charge in [-0.15, -0.1) is 6.42 Å². The van der Waals surface area contributed by atoms with E-state index in [1.54, 1.807) is 4.90 Å². The zero-order chi connectivity index (χ0) is 15.3. The molecule has 2 aliphatic heterocycles. The van der Waals surface area contributed by atoms with Gasteiger partial charge in [-0.1, -0.05) is 34.0 Å². The lowest BCUT2D eigenvalue weighted by atomic mass is 10.1. The summed E-state index contributed by atoms with van der Waals surface area (Å²) in [6.07, 6.45) is 6.46. The first-order valence-corrected chi connectivity index (χ1v) is 7.94. The van der Waals surface area contributed by atoms with Crippen LogP contribution in [0, 0.1) is 12.3 Å². The van der Waals surface area contributed by atoms with Gasteiger partial charge in [0, 0.05) is 11.0 Å². The fourth-order valence-corrected chi connectivity index (χ4v) is 3.66. The van der Waals surface area contributed by atoms with E-state index in [4.69, 9.17) is 6.42 Å². The van der Waals surface area contributed by atoms with Crippen LogP contribution in [0.5, 0.6) is 0 Å². The summed E-state index contributed by atoms with van der Waals surface area (Å²) in [6, 6.07) is 12.0. The van der Waals surface area contributed by atoms with Crippen LogP contribution in [-0.2, 0) is 6.42 Å². The number of anilines is 3. The van der Waals surface area contributed by atoms with Crippen LogP contribution in [0.1, 0.15) is 15.9 Å². The number of hydrogen-bond donors (Lipinski definition) is 0. The van der Waals surface area contributed by atoms with E-state index in [1.165, 1.54) is 5.56 Å². The van der Waals surface area contributed by atoms with Crippen molar-refractivity contribution in [2.45, 2.75) is 6.42 Å². The Kier molecular flexibility index (Phi) is 2.98. The molecule has 4 rings (SSSR count). The second-order valence-corrected chi connectivity index (χ2v) is 6.36. The van der Waals surface area contributed by atoms with Gasteiger partial charge < -0.3 is 4.90 Å². The van der Waals surface area contributed by atoms with E-state index in [-0.39, 0.29) is 12.5 Å². The van der Waals surface area contributed by atoms with Gasteiger partial charge >= 0.3 is 0 Å². The highest BCUT2D eigenvalue weighted by molar-refractivity contribution is 9.10. The minimum atomic E-state index is -0.0291. The highest BCUT2D eigenvalue weighted by Crippen LogP contribution is 2.45. The number of fused-ring (bicyclic) bond motifs is 2. The van der Waals surface area contributed by atoms with Crippen molar-refractivity contribution in [3.8, 4) is 12.3 Å². The third-order valence-corrected chi connectivity index (χ3v) is 4.73. The summed E-state index contributed by atoms with van der Waals surface area (Å²) in [5.74, 6) is 2.58. The lowest BCUT2D eigenvalue weighted by molar-refractivity contribution is 0.0991. The maximum absolute atomic E-state index is 13.0. The van der Waals surface area contributed by atoms with Crippen LogP contribution in [-0.4, -0.2) is 19.0 Å². The number of terminal acetylenes is 1. The Balaban J connectivity index is 2.04. The first-order chi connectivity index (χ1) is 10.7. The molecule has 22 heavy (non-hydrogen) atoms. The number of hydrogen-bond acceptors (Lipinski definition) is 2. The largest absolute Gasteiger partial charge is 0.339 e. The Labute approximate surface area is 137 Å². The number of para-hydroxylation sites is 1. The van der Waals surface area contributed by atoms with Crippen molar-refractivity contribution < 1.29 is 4.79 Å². The maximum atomic E-state index is 13.0. The number of halogens is 1. The van der Waals surface area contributed by atoms with Crippen molar-refractivity contribution in [3.05, 3.63) is 52.0 Å². The van der Waals surface area contributed by atoms with Crippen LogP contribution in [0.4, 0.5) is 17.1 Å². The highest BCUT2D eigenvalue weighted by Gasteiger charge is 2.34. The molecule has 4 heteroatoms. The van der Waals surface area contributed by atoms with Gasteiger partial charge in [0.15, 0.2) is 0 Å². The van der Waals surface area contributed by atoms with Gasteiger partial charge in [0.2, 0.25) is 0 Å². The smallest absolute Gasteiger partial charge is 0.261 e. The lowest BCUT2D eigenvalue weighted by Crippen LogP contribution is -2.30. The van der Waals surface area contributed by atoms with Gasteiger partial charge in [-0.05, 0) is 36.2 Å². The summed E-state index contributed by atoms with van der Waals surface area (Å²) in [5.41, 5.74) is 4.90. The normalized spacial score (nSPS) is 15.2. The molecule has 2 heterocycles. The molecule has 0 radical (unpaired) electrons. The Morgan fingerprint density at radius 1 is 1.23 bits per heavy atom. The summed E-state index contributed by atoms with van der Waals surface area (Å²) in [4.78, 5) is 16.9. The maximum Gasteiger partial charge on any atom is 0.261 e. The monoisotopic (exact) mass is 352 g/mol. The van der Waals surface area contributed by atoms with Crippen molar-refractivity contribution in [2.75, 3.05) is 22.9 Å². The van der Waals surface area contributed by atoms with Crippen LogP contribution in [0.25, 0.3) is 0 Å². The molecule has 0 aliphatic carbocycles. The molecule has 108 valence electrons. The average molecular weight is 353 g/mol. The second kappa shape index (κ2) is 4.89. The summed E-state index contributed by atoms with van der Waals surface area (Å²) < 4.78 is 0.937. The van der Waals surface area contributed by atoms with Crippen molar-refractivity contribution in [3.63, 3.8) is 0 Å². The molecule has 3 nitrogen and oxygen atoms in total. The molecule has 2 aromatic rings. The van der Waals surface area contributed by atoms with E-state index in [9.17, 15) is 4.79 Å². The topological polar surface area (TPSA) is 23.6 Å². The lowest BCUT2D eigenvalue weighted by Gasteiger charge is -2.24. The van der Waals surface area contributed by atoms with Crippen molar-refractivity contribution >= 4 is 38.9 Å². The number of rotatable bonds is 1. The zero-order valence-corrected chi connectivity index (χ0v) is 13.4. The van der Waals surface area contributed by atoms with Gasteiger partial charge in [-0.3, -0.25) is 9.69 Å². The van der Waals surface area contributed by atoms with Gasteiger partial charge in [0.05, 0.1) is 29.2 Å². The number of benzene rings is 2. The number of nitrogens with zero attached hydrogens (tertiary/aromatic N) is 2. The molecular weight excluding hydrogens is 340 g/mol. The quantitative estimate of drug-likeness (QED) is 0.730. The van der Waals surface area contributed by atoms with E-state index in [1.807, 2.05) is 30.3 Å². The van der Waals surface area contributed by atoms with E-state index < -0.39 is 0 Å². The minimum Gasteiger partial charge on any atom is -0.339 e. The Morgan fingerprint density at radius 2 is 2.09 bits per heavy atom. The van der Waals surface area contributed by atoms with Gasteiger partial charge in [0.1, 0.15) is 0 Å². The van der Waals surface area contributed by atoms with E-state index in [2.05, 4.69) is 32.8 Å². The van der Waals surface area contributed by atoms with Crippen molar-refractivity contribution in [1.82, 2.24) is 0 Å². The fourth-order valence-electron chi connectivity index (χ4n) is 3.31. The first-order valence-electron chi connectivity index (χ1n) is 7.15. The first kappa shape index (κ1) is 13.4. The van der Waals surface area contributed by atoms with Crippen LogP contribution >= 0.6 is 15.9 Å². The van der Waals surface area contributed by atoms with Gasteiger partial charge in [0.25, 0.3) is 5.91 Å². The van der Waals surface area contributed by atoms with Crippen LogP contribution < -0.4 is 9.80 Å². The molecule has 0 atom stereocenters. The van der Waals surface area contributed by atoms with E-state index >= 15 is 0 Å². The molecule has 0 fully saturated rings. The summed E-state index contributed by atoms with van der Waals surface area (Å²) in [7, 11) is 0. The Bertz CT molecular complexity index is 837. The number of amides is 1. The van der Waals surface area contributed by atoms with Crippen LogP contribution in [0.15, 0.2) is 40.9 Å². The predicted molar refractivity (Wildman–Crippen MR) is 91.8 cm³/mol. The highest BCUT2D eigenvalue weighted by atomic mass is 79.9. The molecule has 0 aromatic heterocycles. The Hall–Kier alpha value is -2.25. The van der Waals surface area contributed by atoms with Crippen molar-refractivity contribution in [2.24, 2.45) is 0 Å². The minimum absolute atomic E-state index is 0.0291. The van der Waals surface area contributed by atoms with Crippen molar-refractivity contribution in [1.29, 1.82) is 0 Å². The molecule has 0 spiro atoms. The number of carbonyl (C=O) groups excluding carboxylic acids is 1. The third kappa shape index (κ3) is 1.79. The molecule has 0 N–H and O–H groups in total. The third-order valence-electron chi connectivity index (χ3n) is 4.24. The average Bonchev–Trinajstić information content (AvgIpc) is 2.92. The predicted octanol–water partition coefficient (Wildman–Crippen LogP) is 3.74. The molecular formula is C18H13BrN2O. The number of carbonyl (C=O) groups is 1. The zero-order valence-electron chi connectivity index (χ0n) is 11.8.